The number of hydrogen-bond donors (Lipinski definition) is 3. The third-order valence-corrected chi connectivity index (χ3v) is 4.23. The third-order valence-electron chi connectivity index (χ3n) is 3.20. The average molecular weight is 341 g/mol. The Bertz CT molecular complexity index is 974. The molecule has 0 spiro atoms. The average Bonchev–Trinajstić information content (AvgIpc) is 3.00. The first kappa shape index (κ1) is 15.8. The second kappa shape index (κ2) is 6.57. The highest BCUT2D eigenvalue weighted by Gasteiger charge is 2.15. The summed E-state index contributed by atoms with van der Waals surface area (Å²) in [5.74, 6) is 4.80. The van der Waals surface area contributed by atoms with Crippen LogP contribution in [0.5, 0.6) is 0 Å². The zero-order valence-electron chi connectivity index (χ0n) is 12.3. The van der Waals surface area contributed by atoms with E-state index in [0.717, 1.165) is 11.8 Å². The molecule has 0 radical (unpaired) electrons. The summed E-state index contributed by atoms with van der Waals surface area (Å²) < 4.78 is 15.5. The molecule has 0 aliphatic rings. The molecule has 3 heterocycles. The van der Waals surface area contributed by atoms with Gasteiger partial charge in [0.05, 0.1) is 23.0 Å². The van der Waals surface area contributed by atoms with Crippen molar-refractivity contribution in [1.82, 2.24) is 20.0 Å². The number of hydrogen-bond acceptors (Lipinski definition) is 7. The van der Waals surface area contributed by atoms with Crippen LogP contribution in [0.2, 0.25) is 0 Å². The summed E-state index contributed by atoms with van der Waals surface area (Å²) in [6.45, 7) is 0. The lowest BCUT2D eigenvalue weighted by molar-refractivity contribution is 0.588. The molecule has 0 fully saturated rings. The van der Waals surface area contributed by atoms with Crippen LogP contribution in [0.3, 0.4) is 0 Å². The number of rotatable bonds is 4. The monoisotopic (exact) mass is 341 g/mol. The Morgan fingerprint density at radius 2 is 2.33 bits per heavy atom. The first-order chi connectivity index (χ1) is 11.6. The SMILES string of the molecule is N#Cc1cnn2cc(/C(N)=C/NN)cc(Sc3ncccc3F)c12. The van der Waals surface area contributed by atoms with Gasteiger partial charge in [-0.15, -0.1) is 0 Å². The van der Waals surface area contributed by atoms with Gasteiger partial charge >= 0.3 is 0 Å². The number of nitrogens with one attached hydrogen (secondary N) is 1. The van der Waals surface area contributed by atoms with E-state index < -0.39 is 5.82 Å². The van der Waals surface area contributed by atoms with Gasteiger partial charge in [-0.05, 0) is 18.2 Å². The van der Waals surface area contributed by atoms with Crippen LogP contribution >= 0.6 is 11.8 Å². The highest BCUT2D eigenvalue weighted by molar-refractivity contribution is 7.99. The minimum absolute atomic E-state index is 0.196. The van der Waals surface area contributed by atoms with E-state index in [1.807, 2.05) is 0 Å². The van der Waals surface area contributed by atoms with E-state index in [1.54, 1.807) is 12.3 Å². The summed E-state index contributed by atoms with van der Waals surface area (Å²) in [6, 6.07) is 6.65. The number of hydrazine groups is 1. The topological polar surface area (TPSA) is 118 Å². The molecular weight excluding hydrogens is 329 g/mol. The first-order valence-corrected chi connectivity index (χ1v) is 7.57. The molecule has 0 saturated carbocycles. The van der Waals surface area contributed by atoms with Crippen LogP contribution in [0.1, 0.15) is 11.1 Å². The van der Waals surface area contributed by atoms with Crippen molar-refractivity contribution in [2.75, 3.05) is 0 Å². The van der Waals surface area contributed by atoms with Gasteiger partial charge in [0.1, 0.15) is 11.1 Å². The molecule has 0 aromatic carbocycles. The van der Waals surface area contributed by atoms with Gasteiger partial charge in [-0.25, -0.2) is 13.9 Å². The minimum Gasteiger partial charge on any atom is -0.397 e. The molecule has 9 heteroatoms. The van der Waals surface area contributed by atoms with Crippen molar-refractivity contribution in [3.05, 3.63) is 59.9 Å². The van der Waals surface area contributed by atoms with Crippen molar-refractivity contribution in [2.24, 2.45) is 11.6 Å². The van der Waals surface area contributed by atoms with Crippen molar-refractivity contribution >= 4 is 23.0 Å². The Kier molecular flexibility index (Phi) is 4.33. The van der Waals surface area contributed by atoms with Crippen LogP contribution in [-0.4, -0.2) is 14.6 Å². The van der Waals surface area contributed by atoms with E-state index in [4.69, 9.17) is 11.6 Å². The summed E-state index contributed by atoms with van der Waals surface area (Å²) in [7, 11) is 0. The Hall–Kier alpha value is -3.09. The van der Waals surface area contributed by atoms with Gasteiger partial charge in [-0.2, -0.15) is 10.4 Å². The van der Waals surface area contributed by atoms with Gasteiger partial charge < -0.3 is 11.2 Å². The Morgan fingerprint density at radius 3 is 3.04 bits per heavy atom. The van der Waals surface area contributed by atoms with Crippen LogP contribution in [0.15, 0.2) is 52.9 Å². The van der Waals surface area contributed by atoms with Crippen LogP contribution in [-0.2, 0) is 0 Å². The fourth-order valence-electron chi connectivity index (χ4n) is 2.13. The van der Waals surface area contributed by atoms with Crippen molar-refractivity contribution in [3.8, 4) is 6.07 Å². The highest BCUT2D eigenvalue weighted by atomic mass is 32.2. The van der Waals surface area contributed by atoms with Crippen LogP contribution in [0, 0.1) is 17.1 Å². The summed E-state index contributed by atoms with van der Waals surface area (Å²) >= 11 is 1.10. The number of nitriles is 1. The molecule has 0 aliphatic carbocycles. The maximum absolute atomic E-state index is 13.9. The standard InChI is InChI=1S/C15H12FN7S/c16-11-2-1-3-20-15(11)24-13-4-9(12(18)7-21-19)8-23-14(13)10(5-17)6-22-23/h1-4,6-8,21H,18-19H2/b12-7-. The predicted octanol–water partition coefficient (Wildman–Crippen LogP) is 1.61. The molecular formula is C15H12FN7S. The zero-order chi connectivity index (χ0) is 17.1. The molecule has 0 saturated heterocycles. The van der Waals surface area contributed by atoms with Gasteiger partial charge in [-0.3, -0.25) is 5.84 Å². The molecule has 0 aliphatic heterocycles. The van der Waals surface area contributed by atoms with Crippen molar-refractivity contribution < 1.29 is 4.39 Å². The van der Waals surface area contributed by atoms with E-state index >= 15 is 0 Å². The Labute approximate surface area is 140 Å². The number of fused-ring (bicyclic) bond motifs is 1. The molecule has 5 N–H and O–H groups in total. The summed E-state index contributed by atoms with van der Waals surface area (Å²) in [5, 5.41) is 13.6. The molecule has 7 nitrogen and oxygen atoms in total. The van der Waals surface area contributed by atoms with Crippen molar-refractivity contribution in [3.63, 3.8) is 0 Å². The first-order valence-electron chi connectivity index (χ1n) is 6.76. The second-order valence-corrected chi connectivity index (χ2v) is 5.75. The zero-order valence-corrected chi connectivity index (χ0v) is 13.1. The van der Waals surface area contributed by atoms with Crippen LogP contribution in [0.25, 0.3) is 11.2 Å². The smallest absolute Gasteiger partial charge is 0.155 e. The quantitative estimate of drug-likeness (QED) is 0.487. The summed E-state index contributed by atoms with van der Waals surface area (Å²) in [5.41, 5.74) is 10.2. The minimum atomic E-state index is -0.448. The van der Waals surface area contributed by atoms with E-state index in [9.17, 15) is 9.65 Å². The molecule has 0 unspecified atom stereocenters. The van der Waals surface area contributed by atoms with E-state index in [0.29, 0.717) is 27.2 Å². The molecule has 0 amide bonds. The van der Waals surface area contributed by atoms with E-state index in [2.05, 4.69) is 21.6 Å². The number of aromatic nitrogens is 3. The summed E-state index contributed by atoms with van der Waals surface area (Å²) in [6.07, 6.45) is 6.03. The molecule has 0 atom stereocenters. The molecule has 120 valence electrons. The molecule has 24 heavy (non-hydrogen) atoms. The van der Waals surface area contributed by atoms with Crippen molar-refractivity contribution in [1.29, 1.82) is 5.26 Å². The molecule has 3 aromatic heterocycles. The second-order valence-electron chi connectivity index (χ2n) is 4.72. The van der Waals surface area contributed by atoms with Crippen LogP contribution < -0.4 is 17.0 Å². The summed E-state index contributed by atoms with van der Waals surface area (Å²) in [4.78, 5) is 4.63. The lowest BCUT2D eigenvalue weighted by atomic mass is 10.2. The fraction of sp³-hybridized carbons (Fsp3) is 0. The molecule has 3 aromatic rings. The highest BCUT2D eigenvalue weighted by Crippen LogP contribution is 2.34. The maximum atomic E-state index is 13.9. The van der Waals surface area contributed by atoms with Gasteiger partial charge in [0.25, 0.3) is 0 Å². The normalized spacial score (nSPS) is 11.5. The van der Waals surface area contributed by atoms with Gasteiger partial charge in [0.2, 0.25) is 0 Å². The van der Waals surface area contributed by atoms with Gasteiger partial charge in [0, 0.05) is 29.1 Å². The molecule has 3 rings (SSSR count). The number of nitrogens with zero attached hydrogens (tertiary/aromatic N) is 4. The fourth-order valence-corrected chi connectivity index (χ4v) is 3.10. The Balaban J connectivity index is 2.20. The van der Waals surface area contributed by atoms with E-state index in [1.165, 1.54) is 35.2 Å². The number of halogens is 1. The van der Waals surface area contributed by atoms with Gasteiger partial charge in [-0.1, -0.05) is 11.8 Å². The lowest BCUT2D eigenvalue weighted by Crippen LogP contribution is -2.16. The number of nitrogens with two attached hydrogens (primary N) is 2. The van der Waals surface area contributed by atoms with E-state index in [-0.39, 0.29) is 5.03 Å². The Morgan fingerprint density at radius 1 is 1.50 bits per heavy atom. The van der Waals surface area contributed by atoms with Crippen LogP contribution in [0.4, 0.5) is 4.39 Å². The maximum Gasteiger partial charge on any atom is 0.155 e. The lowest BCUT2D eigenvalue weighted by Gasteiger charge is -2.09. The number of pyridine rings is 2. The van der Waals surface area contributed by atoms with Gasteiger partial charge in [0.15, 0.2) is 5.82 Å². The largest absolute Gasteiger partial charge is 0.397 e. The predicted molar refractivity (Wildman–Crippen MR) is 87.7 cm³/mol. The third kappa shape index (κ3) is 2.88. The van der Waals surface area contributed by atoms with Crippen molar-refractivity contribution in [2.45, 2.75) is 9.92 Å². The molecule has 0 bridgehead atoms.